The van der Waals surface area contributed by atoms with Crippen molar-refractivity contribution in [1.82, 2.24) is 5.32 Å². The molecule has 1 aromatic rings. The van der Waals surface area contributed by atoms with Gasteiger partial charge in [0.05, 0.1) is 12.3 Å². The highest BCUT2D eigenvalue weighted by Crippen LogP contribution is 2.33. The van der Waals surface area contributed by atoms with Crippen LogP contribution < -0.4 is 21.3 Å². The van der Waals surface area contributed by atoms with Crippen molar-refractivity contribution in [2.24, 2.45) is 11.7 Å². The van der Waals surface area contributed by atoms with Gasteiger partial charge < -0.3 is 26.0 Å². The molecule has 154 valence electrons. The number of hydrogen-bond acceptors (Lipinski definition) is 5. The zero-order valence-corrected chi connectivity index (χ0v) is 15.7. The minimum atomic E-state index is -2.85. The summed E-state index contributed by atoms with van der Waals surface area (Å²) in [5.74, 6) is -1.71. The van der Waals surface area contributed by atoms with Crippen LogP contribution in [0, 0.1) is 5.92 Å². The molecule has 2 rings (SSSR count). The average molecular weight is 398 g/mol. The highest BCUT2D eigenvalue weighted by Gasteiger charge is 2.26. The summed E-state index contributed by atoms with van der Waals surface area (Å²) in [4.78, 5) is 37.3. The Balaban J connectivity index is 2.19. The van der Waals surface area contributed by atoms with E-state index in [1.165, 1.54) is 17.0 Å². The van der Waals surface area contributed by atoms with Gasteiger partial charge in [-0.05, 0) is 18.2 Å². The summed E-state index contributed by atoms with van der Waals surface area (Å²) in [7, 11) is 0. The lowest BCUT2D eigenvalue weighted by molar-refractivity contribution is -0.128. The van der Waals surface area contributed by atoms with Crippen molar-refractivity contribution in [3.8, 4) is 0 Å². The number of carbonyl (C=O) groups excluding carboxylic acids is 3. The van der Waals surface area contributed by atoms with Crippen molar-refractivity contribution < 1.29 is 27.9 Å². The second-order valence-corrected chi connectivity index (χ2v) is 6.61. The van der Waals surface area contributed by atoms with Crippen LogP contribution in [-0.2, 0) is 19.1 Å². The lowest BCUT2D eigenvalue weighted by atomic mass is 10.1. The fraction of sp³-hybridized carbons (Fsp3) is 0.500. The topological polar surface area (TPSA) is 114 Å². The smallest absolute Gasteiger partial charge is 0.265 e. The van der Waals surface area contributed by atoms with Crippen molar-refractivity contribution in [3.63, 3.8) is 0 Å². The summed E-state index contributed by atoms with van der Waals surface area (Å²) >= 11 is 0. The number of benzene rings is 1. The van der Waals surface area contributed by atoms with Crippen LogP contribution in [0.15, 0.2) is 18.2 Å². The van der Waals surface area contributed by atoms with E-state index in [4.69, 9.17) is 10.5 Å². The Morgan fingerprint density at radius 3 is 2.57 bits per heavy atom. The third kappa shape index (κ3) is 5.23. The first-order valence-electron chi connectivity index (χ1n) is 8.86. The summed E-state index contributed by atoms with van der Waals surface area (Å²) < 4.78 is 32.1. The van der Waals surface area contributed by atoms with Crippen molar-refractivity contribution in [2.45, 2.75) is 26.3 Å². The molecule has 10 heteroatoms. The molecule has 4 N–H and O–H groups in total. The van der Waals surface area contributed by atoms with Gasteiger partial charge in [-0.25, -0.2) is 8.78 Å². The Bertz CT molecular complexity index is 742. The number of anilines is 2. The molecule has 1 aliphatic rings. The van der Waals surface area contributed by atoms with E-state index in [2.05, 4.69) is 10.6 Å². The molecule has 0 bridgehead atoms. The fourth-order valence-corrected chi connectivity index (χ4v) is 2.62. The molecule has 3 amide bonds. The fourth-order valence-electron chi connectivity index (χ4n) is 2.62. The summed E-state index contributed by atoms with van der Waals surface area (Å²) in [6.45, 7) is 3.44. The first kappa shape index (κ1) is 21.7. The molecule has 0 spiro atoms. The molecule has 8 nitrogen and oxygen atoms in total. The summed E-state index contributed by atoms with van der Waals surface area (Å²) in [5.41, 5.74) is 5.34. The first-order chi connectivity index (χ1) is 13.2. The van der Waals surface area contributed by atoms with E-state index in [-0.39, 0.29) is 55.1 Å². The van der Waals surface area contributed by atoms with E-state index in [1.807, 2.05) is 0 Å². The Labute approximate surface area is 161 Å². The normalized spacial score (nSPS) is 15.7. The molecule has 0 aromatic heterocycles. The van der Waals surface area contributed by atoms with E-state index in [1.54, 1.807) is 13.8 Å². The van der Waals surface area contributed by atoms with Gasteiger partial charge >= 0.3 is 0 Å². The maximum absolute atomic E-state index is 13.6. The van der Waals surface area contributed by atoms with Crippen LogP contribution in [0.3, 0.4) is 0 Å². The predicted molar refractivity (Wildman–Crippen MR) is 99.0 cm³/mol. The Morgan fingerprint density at radius 2 is 2.00 bits per heavy atom. The third-order valence-corrected chi connectivity index (χ3v) is 4.20. The monoisotopic (exact) mass is 398 g/mol. The molecule has 1 atom stereocenters. The number of nitrogens with two attached hydrogens (primary N) is 1. The summed E-state index contributed by atoms with van der Waals surface area (Å²) in [6.07, 6.45) is -2.85. The maximum atomic E-state index is 13.6. The van der Waals surface area contributed by atoms with E-state index in [0.717, 1.165) is 6.07 Å². The predicted octanol–water partition coefficient (Wildman–Crippen LogP) is 1.03. The second-order valence-electron chi connectivity index (χ2n) is 6.61. The molecule has 28 heavy (non-hydrogen) atoms. The SMILES string of the molecule is CC(C)C(=O)N[C@H](CN)C(=O)Nc1ccc(N2CCOCC2=O)c(C(F)F)c1. The number of nitrogens with one attached hydrogen (secondary N) is 2. The Morgan fingerprint density at radius 1 is 1.29 bits per heavy atom. The van der Waals surface area contributed by atoms with Gasteiger partial charge in [0.1, 0.15) is 12.6 Å². The number of nitrogens with zero attached hydrogens (tertiary/aromatic N) is 1. The quantitative estimate of drug-likeness (QED) is 0.635. The van der Waals surface area contributed by atoms with Gasteiger partial charge in [0, 0.05) is 30.3 Å². The number of rotatable bonds is 7. The average Bonchev–Trinajstić information content (AvgIpc) is 2.66. The van der Waals surface area contributed by atoms with Crippen molar-refractivity contribution in [1.29, 1.82) is 0 Å². The van der Waals surface area contributed by atoms with Gasteiger partial charge in [-0.1, -0.05) is 13.8 Å². The van der Waals surface area contributed by atoms with Gasteiger partial charge in [0.15, 0.2) is 0 Å². The Kier molecular flexibility index (Phi) is 7.41. The number of hydrogen-bond donors (Lipinski definition) is 3. The number of amides is 3. The number of ether oxygens (including phenoxy) is 1. The van der Waals surface area contributed by atoms with E-state index in [0.29, 0.717) is 0 Å². The first-order valence-corrected chi connectivity index (χ1v) is 8.86. The number of morpholine rings is 1. The minimum Gasteiger partial charge on any atom is -0.370 e. The van der Waals surface area contributed by atoms with Crippen molar-refractivity contribution in [3.05, 3.63) is 23.8 Å². The van der Waals surface area contributed by atoms with Gasteiger partial charge in [0.25, 0.3) is 12.3 Å². The van der Waals surface area contributed by atoms with Gasteiger partial charge in [-0.2, -0.15) is 0 Å². The zero-order chi connectivity index (χ0) is 20.8. The lowest BCUT2D eigenvalue weighted by Crippen LogP contribution is -2.49. The van der Waals surface area contributed by atoms with Crippen LogP contribution in [0.25, 0.3) is 0 Å². The second kappa shape index (κ2) is 9.56. The van der Waals surface area contributed by atoms with E-state index in [9.17, 15) is 23.2 Å². The molecule has 1 heterocycles. The minimum absolute atomic E-state index is 0.0739. The highest BCUT2D eigenvalue weighted by atomic mass is 19.3. The molecule has 0 saturated carbocycles. The molecular weight excluding hydrogens is 374 g/mol. The van der Waals surface area contributed by atoms with Crippen LogP contribution in [0.5, 0.6) is 0 Å². The van der Waals surface area contributed by atoms with E-state index < -0.39 is 24.3 Å². The zero-order valence-electron chi connectivity index (χ0n) is 15.7. The summed E-state index contributed by atoms with van der Waals surface area (Å²) in [5, 5.41) is 4.98. The van der Waals surface area contributed by atoms with Gasteiger partial charge in [-0.15, -0.1) is 0 Å². The number of halogens is 2. The van der Waals surface area contributed by atoms with Crippen LogP contribution in [0.2, 0.25) is 0 Å². The van der Waals surface area contributed by atoms with Crippen LogP contribution in [0.4, 0.5) is 20.2 Å². The highest BCUT2D eigenvalue weighted by molar-refractivity contribution is 5.99. The molecule has 0 radical (unpaired) electrons. The van der Waals surface area contributed by atoms with Crippen LogP contribution in [0.1, 0.15) is 25.8 Å². The number of carbonyl (C=O) groups is 3. The van der Waals surface area contributed by atoms with Crippen molar-refractivity contribution >= 4 is 29.1 Å². The summed E-state index contributed by atoms with van der Waals surface area (Å²) in [6, 6.07) is 2.88. The molecule has 1 fully saturated rings. The molecule has 1 saturated heterocycles. The largest absolute Gasteiger partial charge is 0.370 e. The lowest BCUT2D eigenvalue weighted by Gasteiger charge is -2.29. The molecule has 0 unspecified atom stereocenters. The molecule has 1 aliphatic heterocycles. The van der Waals surface area contributed by atoms with Crippen molar-refractivity contribution in [2.75, 3.05) is 36.5 Å². The molecule has 1 aromatic carbocycles. The standard InChI is InChI=1S/C18H24F2N4O4/c1-10(2)17(26)23-13(8-21)18(27)22-11-3-4-14(12(7-11)16(19)20)24-5-6-28-9-15(24)25/h3-4,7,10,13,16H,5-6,8-9,21H2,1-2H3,(H,22,27)(H,23,26)/t13-/m1/s1. The van der Waals surface area contributed by atoms with Crippen LogP contribution >= 0.6 is 0 Å². The molecular formula is C18H24F2N4O4. The third-order valence-electron chi connectivity index (χ3n) is 4.20. The maximum Gasteiger partial charge on any atom is 0.265 e. The van der Waals surface area contributed by atoms with E-state index >= 15 is 0 Å². The van der Waals surface area contributed by atoms with Gasteiger partial charge in [0.2, 0.25) is 11.8 Å². The van der Waals surface area contributed by atoms with Crippen LogP contribution in [-0.4, -0.2) is 50.1 Å². The number of alkyl halides is 2. The van der Waals surface area contributed by atoms with Gasteiger partial charge in [-0.3, -0.25) is 14.4 Å². The Hall–Kier alpha value is -2.59. The molecule has 0 aliphatic carbocycles.